The fourth-order valence-electron chi connectivity index (χ4n) is 0.655. The van der Waals surface area contributed by atoms with Crippen LogP contribution in [0.5, 0.6) is 0 Å². The summed E-state index contributed by atoms with van der Waals surface area (Å²) in [6, 6.07) is 2.15. The lowest BCUT2D eigenvalue weighted by Gasteiger charge is -1.94. The van der Waals surface area contributed by atoms with Crippen LogP contribution in [-0.2, 0) is 0 Å². The summed E-state index contributed by atoms with van der Waals surface area (Å²) in [5.74, 6) is 0.635. The summed E-state index contributed by atoms with van der Waals surface area (Å²) in [5, 5.41) is 0. The molecule has 0 fully saturated rings. The van der Waals surface area contributed by atoms with Gasteiger partial charge in [-0.1, -0.05) is 13.8 Å². The van der Waals surface area contributed by atoms with E-state index in [1.165, 1.54) is 4.88 Å². The van der Waals surface area contributed by atoms with Crippen molar-refractivity contribution in [1.82, 2.24) is 4.37 Å². The van der Waals surface area contributed by atoms with Gasteiger partial charge < -0.3 is 0 Å². The monoisotopic (exact) mass is 141 g/mol. The SMILES string of the molecule is Cc1cc(C(C)C)sn1. The molecular formula is C7H11NS. The minimum Gasteiger partial charge on any atom is -0.198 e. The number of rotatable bonds is 1. The highest BCUT2D eigenvalue weighted by Crippen LogP contribution is 2.18. The predicted molar refractivity (Wildman–Crippen MR) is 40.9 cm³/mol. The molecule has 0 atom stereocenters. The molecule has 0 spiro atoms. The molecular weight excluding hydrogens is 130 g/mol. The van der Waals surface area contributed by atoms with Crippen molar-refractivity contribution in [2.45, 2.75) is 26.7 Å². The second-order valence-electron chi connectivity index (χ2n) is 2.53. The average Bonchev–Trinajstić information content (AvgIpc) is 2.14. The van der Waals surface area contributed by atoms with Crippen molar-refractivity contribution in [3.63, 3.8) is 0 Å². The first-order valence-electron chi connectivity index (χ1n) is 3.13. The van der Waals surface area contributed by atoms with E-state index < -0.39 is 0 Å². The number of nitrogens with zero attached hydrogens (tertiary/aromatic N) is 1. The molecule has 0 aromatic carbocycles. The molecule has 0 amide bonds. The molecule has 1 aromatic rings. The lowest BCUT2D eigenvalue weighted by molar-refractivity contribution is 0.889. The summed E-state index contributed by atoms with van der Waals surface area (Å²) in [6.07, 6.45) is 0. The molecule has 0 saturated heterocycles. The molecule has 0 radical (unpaired) electrons. The van der Waals surface area contributed by atoms with Crippen LogP contribution < -0.4 is 0 Å². The molecule has 1 aromatic heterocycles. The molecule has 1 rings (SSSR count). The fraction of sp³-hybridized carbons (Fsp3) is 0.571. The second-order valence-corrected chi connectivity index (χ2v) is 3.36. The van der Waals surface area contributed by atoms with Crippen molar-refractivity contribution < 1.29 is 0 Å². The first-order valence-corrected chi connectivity index (χ1v) is 3.90. The van der Waals surface area contributed by atoms with E-state index in [0.717, 1.165) is 5.69 Å². The molecule has 0 unspecified atom stereocenters. The van der Waals surface area contributed by atoms with Gasteiger partial charge in [0.05, 0.1) is 5.69 Å². The van der Waals surface area contributed by atoms with Crippen LogP contribution >= 0.6 is 11.5 Å². The van der Waals surface area contributed by atoms with Crippen LogP contribution in [0.1, 0.15) is 30.3 Å². The first-order chi connectivity index (χ1) is 4.20. The van der Waals surface area contributed by atoms with Crippen LogP contribution in [0.4, 0.5) is 0 Å². The van der Waals surface area contributed by atoms with Gasteiger partial charge in [-0.05, 0) is 30.4 Å². The topological polar surface area (TPSA) is 12.9 Å². The van der Waals surface area contributed by atoms with Crippen LogP contribution in [0.2, 0.25) is 0 Å². The fourth-order valence-corrected chi connectivity index (χ4v) is 1.39. The van der Waals surface area contributed by atoms with Gasteiger partial charge in [-0.25, -0.2) is 0 Å². The summed E-state index contributed by atoms with van der Waals surface area (Å²) in [6.45, 7) is 6.41. The normalized spacial score (nSPS) is 10.7. The van der Waals surface area contributed by atoms with E-state index in [-0.39, 0.29) is 0 Å². The van der Waals surface area contributed by atoms with Crippen molar-refractivity contribution in [1.29, 1.82) is 0 Å². The highest BCUT2D eigenvalue weighted by molar-refractivity contribution is 7.05. The van der Waals surface area contributed by atoms with Crippen molar-refractivity contribution in [2.24, 2.45) is 0 Å². The minimum absolute atomic E-state index is 0.635. The number of hydrogen-bond donors (Lipinski definition) is 0. The third-order valence-electron chi connectivity index (χ3n) is 1.22. The lowest BCUT2D eigenvalue weighted by Crippen LogP contribution is -1.77. The molecule has 0 N–H and O–H groups in total. The Bertz CT molecular complexity index is 191. The van der Waals surface area contributed by atoms with E-state index in [2.05, 4.69) is 24.3 Å². The van der Waals surface area contributed by atoms with Crippen LogP contribution in [-0.4, -0.2) is 4.37 Å². The van der Waals surface area contributed by atoms with Gasteiger partial charge in [-0.15, -0.1) is 0 Å². The predicted octanol–water partition coefficient (Wildman–Crippen LogP) is 2.57. The third kappa shape index (κ3) is 1.52. The van der Waals surface area contributed by atoms with E-state index >= 15 is 0 Å². The summed E-state index contributed by atoms with van der Waals surface area (Å²) >= 11 is 1.61. The molecule has 1 nitrogen and oxygen atoms in total. The van der Waals surface area contributed by atoms with Gasteiger partial charge in [0, 0.05) is 4.88 Å². The molecule has 0 aliphatic heterocycles. The molecule has 0 aliphatic rings. The van der Waals surface area contributed by atoms with Gasteiger partial charge in [-0.3, -0.25) is 0 Å². The van der Waals surface area contributed by atoms with Crippen molar-refractivity contribution in [3.8, 4) is 0 Å². The maximum Gasteiger partial charge on any atom is 0.0514 e. The largest absolute Gasteiger partial charge is 0.198 e. The molecule has 0 aliphatic carbocycles. The summed E-state index contributed by atoms with van der Waals surface area (Å²) in [7, 11) is 0. The number of aryl methyl sites for hydroxylation is 1. The van der Waals surface area contributed by atoms with Crippen LogP contribution in [0.3, 0.4) is 0 Å². The molecule has 2 heteroatoms. The van der Waals surface area contributed by atoms with Crippen LogP contribution in [0.25, 0.3) is 0 Å². The Labute approximate surface area is 59.9 Å². The molecule has 1 heterocycles. The van der Waals surface area contributed by atoms with E-state index in [9.17, 15) is 0 Å². The zero-order valence-corrected chi connectivity index (χ0v) is 6.83. The Morgan fingerprint density at radius 2 is 2.22 bits per heavy atom. The van der Waals surface area contributed by atoms with Crippen LogP contribution in [0, 0.1) is 6.92 Å². The van der Waals surface area contributed by atoms with Gasteiger partial charge >= 0.3 is 0 Å². The third-order valence-corrected chi connectivity index (χ3v) is 2.39. The lowest BCUT2D eigenvalue weighted by atomic mass is 10.2. The van der Waals surface area contributed by atoms with Gasteiger partial charge in [0.15, 0.2) is 0 Å². The molecule has 0 saturated carbocycles. The molecule has 0 bridgehead atoms. The number of aromatic nitrogens is 1. The number of hydrogen-bond acceptors (Lipinski definition) is 2. The van der Waals surface area contributed by atoms with Gasteiger partial charge in [0.1, 0.15) is 0 Å². The minimum atomic E-state index is 0.635. The van der Waals surface area contributed by atoms with Gasteiger partial charge in [0.2, 0.25) is 0 Å². The van der Waals surface area contributed by atoms with Crippen molar-refractivity contribution in [3.05, 3.63) is 16.6 Å². The first kappa shape index (κ1) is 6.75. The van der Waals surface area contributed by atoms with E-state index in [1.807, 2.05) is 6.92 Å². The summed E-state index contributed by atoms with van der Waals surface area (Å²) < 4.78 is 4.18. The Balaban J connectivity index is 2.85. The van der Waals surface area contributed by atoms with Gasteiger partial charge in [0.25, 0.3) is 0 Å². The van der Waals surface area contributed by atoms with E-state index in [1.54, 1.807) is 11.5 Å². The Morgan fingerprint density at radius 1 is 1.56 bits per heavy atom. The van der Waals surface area contributed by atoms with Crippen molar-refractivity contribution >= 4 is 11.5 Å². The highest BCUT2D eigenvalue weighted by Gasteiger charge is 2.00. The maximum atomic E-state index is 4.18. The Hall–Kier alpha value is -0.370. The van der Waals surface area contributed by atoms with E-state index in [4.69, 9.17) is 0 Å². The highest BCUT2D eigenvalue weighted by atomic mass is 32.1. The average molecular weight is 141 g/mol. The zero-order chi connectivity index (χ0) is 6.85. The van der Waals surface area contributed by atoms with Gasteiger partial charge in [-0.2, -0.15) is 4.37 Å². The summed E-state index contributed by atoms with van der Waals surface area (Å²) in [5.41, 5.74) is 1.14. The maximum absolute atomic E-state index is 4.18. The zero-order valence-electron chi connectivity index (χ0n) is 6.01. The molecule has 50 valence electrons. The second kappa shape index (κ2) is 2.48. The summed E-state index contributed by atoms with van der Waals surface area (Å²) in [4.78, 5) is 1.38. The van der Waals surface area contributed by atoms with E-state index in [0.29, 0.717) is 5.92 Å². The Kier molecular flexibility index (Phi) is 1.86. The Morgan fingerprint density at radius 3 is 2.44 bits per heavy atom. The van der Waals surface area contributed by atoms with Crippen molar-refractivity contribution in [2.75, 3.05) is 0 Å². The van der Waals surface area contributed by atoms with Crippen LogP contribution in [0.15, 0.2) is 6.07 Å². The smallest absolute Gasteiger partial charge is 0.0514 e. The standard InChI is InChI=1S/C7H11NS/c1-5(2)7-4-6(3)8-9-7/h4-5H,1-3H3. The quantitative estimate of drug-likeness (QED) is 0.585. The molecule has 9 heavy (non-hydrogen) atoms.